The number of halogens is 2. The molecule has 1 nitrogen and oxygen atoms in total. The molecule has 80 valence electrons. The van der Waals surface area contributed by atoms with Crippen LogP contribution in [0.3, 0.4) is 0 Å². The molecule has 0 spiro atoms. The Morgan fingerprint density at radius 1 is 1.00 bits per heavy atom. The van der Waals surface area contributed by atoms with Crippen LogP contribution in [-0.4, -0.2) is 5.24 Å². The van der Waals surface area contributed by atoms with Crippen molar-refractivity contribution in [3.63, 3.8) is 0 Å². The molecule has 0 fully saturated rings. The predicted octanol–water partition coefficient (Wildman–Crippen LogP) is 4.39. The van der Waals surface area contributed by atoms with E-state index in [0.29, 0.717) is 10.6 Å². The number of hydrogen-bond acceptors (Lipinski definition) is 1. The second kappa shape index (κ2) is 4.69. The normalized spacial score (nSPS) is 10.1. The molecule has 0 aromatic heterocycles. The van der Waals surface area contributed by atoms with Crippen molar-refractivity contribution in [3.8, 4) is 11.1 Å². The Morgan fingerprint density at radius 3 is 2.25 bits per heavy atom. The van der Waals surface area contributed by atoms with E-state index in [-0.39, 0.29) is 0 Å². The fourth-order valence-corrected chi connectivity index (χ4v) is 1.90. The number of carbonyl (C=O) groups is 1. The van der Waals surface area contributed by atoms with Crippen LogP contribution < -0.4 is 0 Å². The molecule has 3 heteroatoms. The van der Waals surface area contributed by atoms with Crippen molar-refractivity contribution in [3.05, 3.63) is 59.1 Å². The highest BCUT2D eigenvalue weighted by Gasteiger charge is 2.07. The number of benzene rings is 2. The monoisotopic (exact) mass is 250 g/mol. The Morgan fingerprint density at radius 2 is 1.69 bits per heavy atom. The molecule has 16 heavy (non-hydrogen) atoms. The Kier molecular flexibility index (Phi) is 3.28. The third kappa shape index (κ3) is 2.26. The lowest BCUT2D eigenvalue weighted by atomic mass is 10.0. The molecule has 0 amide bonds. The molecule has 0 saturated carbocycles. The van der Waals surface area contributed by atoms with E-state index in [2.05, 4.69) is 0 Å². The van der Waals surface area contributed by atoms with Crippen LogP contribution in [0.5, 0.6) is 0 Å². The van der Waals surface area contributed by atoms with Crippen molar-refractivity contribution in [1.29, 1.82) is 0 Å². The zero-order valence-corrected chi connectivity index (χ0v) is 9.79. The summed E-state index contributed by atoms with van der Waals surface area (Å²) < 4.78 is 0. The maximum absolute atomic E-state index is 11.0. The summed E-state index contributed by atoms with van der Waals surface area (Å²) in [6.45, 7) is 0. The molecule has 0 unspecified atom stereocenters. The van der Waals surface area contributed by atoms with E-state index in [1.165, 1.54) is 0 Å². The van der Waals surface area contributed by atoms with Gasteiger partial charge < -0.3 is 0 Å². The van der Waals surface area contributed by atoms with E-state index in [9.17, 15) is 4.79 Å². The highest BCUT2D eigenvalue weighted by molar-refractivity contribution is 6.67. The minimum absolute atomic E-state index is 0.409. The third-order valence-electron chi connectivity index (χ3n) is 2.28. The second-order valence-corrected chi connectivity index (χ2v) is 4.08. The van der Waals surface area contributed by atoms with Gasteiger partial charge in [-0.2, -0.15) is 0 Å². The first kappa shape index (κ1) is 11.2. The Bertz CT molecular complexity index is 521. The van der Waals surface area contributed by atoms with Crippen LogP contribution in [0, 0.1) is 0 Å². The van der Waals surface area contributed by atoms with Crippen molar-refractivity contribution in [1.82, 2.24) is 0 Å². The molecule has 0 aliphatic rings. The van der Waals surface area contributed by atoms with Gasteiger partial charge >= 0.3 is 0 Å². The standard InChI is InChI=1S/C13H8Cl2O/c14-12-8-10(13(15)16)6-7-11(12)9-4-2-1-3-5-9/h1-8H. The van der Waals surface area contributed by atoms with E-state index in [0.717, 1.165) is 11.1 Å². The van der Waals surface area contributed by atoms with Gasteiger partial charge in [-0.25, -0.2) is 0 Å². The smallest absolute Gasteiger partial charge is 0.252 e. The maximum atomic E-state index is 11.0. The van der Waals surface area contributed by atoms with Gasteiger partial charge in [0.15, 0.2) is 0 Å². The van der Waals surface area contributed by atoms with Gasteiger partial charge in [-0.05, 0) is 29.3 Å². The summed E-state index contributed by atoms with van der Waals surface area (Å²) in [7, 11) is 0. The average molecular weight is 251 g/mol. The largest absolute Gasteiger partial charge is 0.276 e. The van der Waals surface area contributed by atoms with E-state index in [1.807, 2.05) is 30.3 Å². The summed E-state index contributed by atoms with van der Waals surface area (Å²) in [6.07, 6.45) is 0. The summed E-state index contributed by atoms with van der Waals surface area (Å²) >= 11 is 11.5. The van der Waals surface area contributed by atoms with Crippen LogP contribution in [0.25, 0.3) is 11.1 Å². The lowest BCUT2D eigenvalue weighted by Crippen LogP contribution is -1.89. The molecule has 0 atom stereocenters. The van der Waals surface area contributed by atoms with Crippen LogP contribution in [0.1, 0.15) is 10.4 Å². The average Bonchev–Trinajstić information content (AvgIpc) is 2.30. The molecule has 2 rings (SSSR count). The number of carbonyl (C=O) groups excluding carboxylic acids is 1. The summed E-state index contributed by atoms with van der Waals surface area (Å²) in [6, 6.07) is 14.8. The molecule has 0 bridgehead atoms. The number of hydrogen-bond donors (Lipinski definition) is 0. The van der Waals surface area contributed by atoms with Gasteiger partial charge in [0.1, 0.15) is 0 Å². The fraction of sp³-hybridized carbons (Fsp3) is 0. The lowest BCUT2D eigenvalue weighted by molar-refractivity contribution is 0.108. The van der Waals surface area contributed by atoms with Crippen molar-refractivity contribution in [2.24, 2.45) is 0 Å². The molecule has 2 aromatic rings. The van der Waals surface area contributed by atoms with Crippen LogP contribution >= 0.6 is 23.2 Å². The van der Waals surface area contributed by atoms with Crippen LogP contribution in [-0.2, 0) is 0 Å². The van der Waals surface area contributed by atoms with Crippen molar-refractivity contribution in [2.45, 2.75) is 0 Å². The van der Waals surface area contributed by atoms with E-state index in [1.54, 1.807) is 18.2 Å². The highest BCUT2D eigenvalue weighted by Crippen LogP contribution is 2.28. The topological polar surface area (TPSA) is 17.1 Å². The molecule has 0 radical (unpaired) electrons. The minimum Gasteiger partial charge on any atom is -0.276 e. The molecule has 0 aliphatic heterocycles. The maximum Gasteiger partial charge on any atom is 0.252 e. The van der Waals surface area contributed by atoms with Gasteiger partial charge in [0.2, 0.25) is 0 Å². The van der Waals surface area contributed by atoms with E-state index >= 15 is 0 Å². The summed E-state index contributed by atoms with van der Waals surface area (Å²) in [4.78, 5) is 11.0. The van der Waals surface area contributed by atoms with E-state index in [4.69, 9.17) is 23.2 Å². The van der Waals surface area contributed by atoms with Crippen molar-refractivity contribution < 1.29 is 4.79 Å². The quantitative estimate of drug-likeness (QED) is 0.723. The van der Waals surface area contributed by atoms with Crippen molar-refractivity contribution >= 4 is 28.4 Å². The Balaban J connectivity index is 2.48. The van der Waals surface area contributed by atoms with Gasteiger partial charge in [-0.1, -0.05) is 48.0 Å². The minimum atomic E-state index is -0.499. The van der Waals surface area contributed by atoms with Gasteiger partial charge in [-0.15, -0.1) is 0 Å². The Labute approximate surface area is 104 Å². The molecule has 0 aliphatic carbocycles. The van der Waals surface area contributed by atoms with Crippen LogP contribution in [0.15, 0.2) is 48.5 Å². The molecule has 2 aromatic carbocycles. The zero-order chi connectivity index (χ0) is 11.5. The highest BCUT2D eigenvalue weighted by atomic mass is 35.5. The summed E-state index contributed by atoms with van der Waals surface area (Å²) in [5.74, 6) is 0. The summed E-state index contributed by atoms with van der Waals surface area (Å²) in [5.41, 5.74) is 2.32. The summed E-state index contributed by atoms with van der Waals surface area (Å²) in [5, 5.41) is 0.0270. The van der Waals surface area contributed by atoms with Gasteiger partial charge in [0.05, 0.1) is 0 Å². The van der Waals surface area contributed by atoms with Crippen molar-refractivity contribution in [2.75, 3.05) is 0 Å². The molecular formula is C13H8Cl2O. The first-order valence-corrected chi connectivity index (χ1v) is 5.49. The second-order valence-electron chi connectivity index (χ2n) is 3.33. The molecular weight excluding hydrogens is 243 g/mol. The van der Waals surface area contributed by atoms with Crippen LogP contribution in [0.4, 0.5) is 0 Å². The van der Waals surface area contributed by atoms with E-state index < -0.39 is 5.24 Å². The van der Waals surface area contributed by atoms with Gasteiger partial charge in [0.25, 0.3) is 5.24 Å². The zero-order valence-electron chi connectivity index (χ0n) is 8.28. The fourth-order valence-electron chi connectivity index (χ4n) is 1.49. The Hall–Kier alpha value is -1.31. The molecule has 0 saturated heterocycles. The van der Waals surface area contributed by atoms with Crippen LogP contribution in [0.2, 0.25) is 5.02 Å². The van der Waals surface area contributed by atoms with Gasteiger partial charge in [-0.3, -0.25) is 4.79 Å². The predicted molar refractivity (Wildman–Crippen MR) is 67.1 cm³/mol. The number of rotatable bonds is 2. The first-order valence-electron chi connectivity index (χ1n) is 4.73. The SMILES string of the molecule is O=C(Cl)c1ccc(-c2ccccc2)c(Cl)c1. The first-order chi connectivity index (χ1) is 7.68. The van der Waals surface area contributed by atoms with Gasteiger partial charge in [0, 0.05) is 16.1 Å². The lowest BCUT2D eigenvalue weighted by Gasteiger charge is -2.05. The molecule has 0 heterocycles. The molecule has 0 N–H and O–H groups in total. The third-order valence-corrected chi connectivity index (χ3v) is 2.81.